The standard InChI is InChI=1S/C26H35ClN2O4S/c1-17(2)22-15-23(18(3)14-25(22)33-5)19(4)28-26(30)20-10-12-29(13-11-20)34(31,32)16-21-8-6-7-9-24(21)27/h6-9,14-15,17,19-20H,10-13,16H2,1-5H3,(H,28,30)/t19-/m1/s1. The molecule has 34 heavy (non-hydrogen) atoms. The van der Waals surface area contributed by atoms with Gasteiger partial charge in [0, 0.05) is 24.0 Å². The first-order valence-corrected chi connectivity index (χ1v) is 13.7. The van der Waals surface area contributed by atoms with Crippen LogP contribution in [0.1, 0.15) is 67.8 Å². The van der Waals surface area contributed by atoms with E-state index in [9.17, 15) is 13.2 Å². The van der Waals surface area contributed by atoms with Crippen molar-refractivity contribution in [1.29, 1.82) is 0 Å². The van der Waals surface area contributed by atoms with Crippen molar-refractivity contribution in [3.63, 3.8) is 0 Å². The maximum atomic E-state index is 13.0. The van der Waals surface area contributed by atoms with Gasteiger partial charge < -0.3 is 10.1 Å². The van der Waals surface area contributed by atoms with Crippen LogP contribution in [0.2, 0.25) is 5.02 Å². The van der Waals surface area contributed by atoms with E-state index >= 15 is 0 Å². The van der Waals surface area contributed by atoms with Gasteiger partial charge in [0.2, 0.25) is 15.9 Å². The number of carbonyl (C=O) groups is 1. The quantitative estimate of drug-likeness (QED) is 0.534. The minimum atomic E-state index is -3.49. The van der Waals surface area contributed by atoms with Crippen molar-refractivity contribution >= 4 is 27.5 Å². The Labute approximate surface area is 208 Å². The number of benzene rings is 2. The van der Waals surface area contributed by atoms with Crippen molar-refractivity contribution in [1.82, 2.24) is 9.62 Å². The molecule has 0 unspecified atom stereocenters. The fourth-order valence-electron chi connectivity index (χ4n) is 4.52. The Kier molecular flexibility index (Phi) is 8.66. The predicted octanol–water partition coefficient (Wildman–Crippen LogP) is 5.20. The first-order valence-electron chi connectivity index (χ1n) is 11.7. The van der Waals surface area contributed by atoms with Crippen molar-refractivity contribution in [3.8, 4) is 5.75 Å². The summed E-state index contributed by atoms with van der Waals surface area (Å²) in [6, 6.07) is 11.0. The number of hydrogen-bond acceptors (Lipinski definition) is 4. The Hall–Kier alpha value is -2.09. The van der Waals surface area contributed by atoms with Gasteiger partial charge in [0.1, 0.15) is 5.75 Å². The Morgan fingerprint density at radius 2 is 1.79 bits per heavy atom. The number of ether oxygens (including phenoxy) is 1. The summed E-state index contributed by atoms with van der Waals surface area (Å²) in [4.78, 5) is 13.0. The molecule has 2 aromatic carbocycles. The summed E-state index contributed by atoms with van der Waals surface area (Å²) in [5.41, 5.74) is 3.84. The van der Waals surface area contributed by atoms with Gasteiger partial charge in [-0.15, -0.1) is 0 Å². The Morgan fingerprint density at radius 3 is 2.38 bits per heavy atom. The third-order valence-electron chi connectivity index (χ3n) is 6.58. The van der Waals surface area contributed by atoms with Crippen LogP contribution in [0.4, 0.5) is 0 Å². The normalized spacial score (nSPS) is 16.4. The van der Waals surface area contributed by atoms with E-state index in [0.29, 0.717) is 42.4 Å². The topological polar surface area (TPSA) is 75.7 Å². The molecular formula is C26H35ClN2O4S. The number of carbonyl (C=O) groups excluding carboxylic acids is 1. The Balaban J connectivity index is 1.62. The Morgan fingerprint density at radius 1 is 1.15 bits per heavy atom. The van der Waals surface area contributed by atoms with Gasteiger partial charge in [0.05, 0.1) is 18.9 Å². The molecule has 186 valence electrons. The van der Waals surface area contributed by atoms with Gasteiger partial charge in [-0.05, 0) is 73.1 Å². The van der Waals surface area contributed by atoms with Gasteiger partial charge in [0.25, 0.3) is 0 Å². The van der Waals surface area contributed by atoms with Gasteiger partial charge in [-0.3, -0.25) is 4.79 Å². The number of aryl methyl sites for hydroxylation is 1. The van der Waals surface area contributed by atoms with Crippen LogP contribution in [0.15, 0.2) is 36.4 Å². The van der Waals surface area contributed by atoms with E-state index in [1.54, 1.807) is 31.4 Å². The largest absolute Gasteiger partial charge is 0.496 e. The van der Waals surface area contributed by atoms with E-state index in [4.69, 9.17) is 16.3 Å². The molecule has 0 saturated carbocycles. The van der Waals surface area contributed by atoms with Crippen LogP contribution in [0.25, 0.3) is 0 Å². The molecule has 0 radical (unpaired) electrons. The van der Waals surface area contributed by atoms with Crippen LogP contribution < -0.4 is 10.1 Å². The van der Waals surface area contributed by atoms with Crippen LogP contribution in [0.5, 0.6) is 5.75 Å². The first kappa shape index (κ1) is 26.5. The molecule has 3 rings (SSSR count). The van der Waals surface area contributed by atoms with Crippen LogP contribution >= 0.6 is 11.6 Å². The summed E-state index contributed by atoms with van der Waals surface area (Å²) in [5.74, 6) is 0.791. The zero-order valence-corrected chi connectivity index (χ0v) is 22.2. The molecule has 0 bridgehead atoms. The minimum absolute atomic E-state index is 0.0306. The number of nitrogens with zero attached hydrogens (tertiary/aromatic N) is 1. The Bertz CT molecular complexity index is 1130. The highest BCUT2D eigenvalue weighted by Gasteiger charge is 2.32. The van der Waals surface area contributed by atoms with E-state index in [1.807, 2.05) is 19.9 Å². The average molecular weight is 507 g/mol. The molecule has 1 saturated heterocycles. The van der Waals surface area contributed by atoms with Gasteiger partial charge >= 0.3 is 0 Å². The van der Waals surface area contributed by atoms with E-state index in [-0.39, 0.29) is 23.6 Å². The SMILES string of the molecule is COc1cc(C)c([C@@H](C)NC(=O)C2CCN(S(=O)(=O)Cc3ccccc3Cl)CC2)cc1C(C)C. The summed E-state index contributed by atoms with van der Waals surface area (Å²) in [5, 5.41) is 3.59. The average Bonchev–Trinajstić information content (AvgIpc) is 2.80. The summed E-state index contributed by atoms with van der Waals surface area (Å²) in [6.07, 6.45) is 0.998. The van der Waals surface area contributed by atoms with Gasteiger partial charge in [-0.2, -0.15) is 0 Å². The molecule has 8 heteroatoms. The van der Waals surface area contributed by atoms with Gasteiger partial charge in [0.15, 0.2) is 0 Å². The molecule has 0 aliphatic carbocycles. The highest BCUT2D eigenvalue weighted by Crippen LogP contribution is 2.32. The van der Waals surface area contributed by atoms with E-state index in [2.05, 4.69) is 25.2 Å². The lowest BCUT2D eigenvalue weighted by Gasteiger charge is -2.31. The number of methoxy groups -OCH3 is 1. The second-order valence-corrected chi connectivity index (χ2v) is 11.7. The summed E-state index contributed by atoms with van der Waals surface area (Å²) in [7, 11) is -1.82. The highest BCUT2D eigenvalue weighted by atomic mass is 35.5. The smallest absolute Gasteiger partial charge is 0.223 e. The van der Waals surface area contributed by atoms with Crippen LogP contribution in [0, 0.1) is 12.8 Å². The number of nitrogens with one attached hydrogen (secondary N) is 1. The maximum absolute atomic E-state index is 13.0. The van der Waals surface area contributed by atoms with E-state index in [1.165, 1.54) is 4.31 Å². The van der Waals surface area contributed by atoms with Gasteiger partial charge in [-0.1, -0.05) is 43.6 Å². The van der Waals surface area contributed by atoms with E-state index < -0.39 is 10.0 Å². The molecule has 1 aliphatic rings. The summed E-state index contributed by atoms with van der Waals surface area (Å²) in [6.45, 7) is 8.91. The molecular weight excluding hydrogens is 472 g/mol. The fourth-order valence-corrected chi connectivity index (χ4v) is 6.39. The second kappa shape index (κ2) is 11.1. The minimum Gasteiger partial charge on any atom is -0.496 e. The number of hydrogen-bond donors (Lipinski definition) is 1. The van der Waals surface area contributed by atoms with Crippen molar-refractivity contribution in [3.05, 3.63) is 63.7 Å². The van der Waals surface area contributed by atoms with Gasteiger partial charge in [-0.25, -0.2) is 12.7 Å². The van der Waals surface area contributed by atoms with E-state index in [0.717, 1.165) is 22.4 Å². The summed E-state index contributed by atoms with van der Waals surface area (Å²) < 4.78 is 32.8. The van der Waals surface area contributed by atoms with Crippen LogP contribution in [0.3, 0.4) is 0 Å². The van der Waals surface area contributed by atoms with Crippen molar-refractivity contribution in [2.75, 3.05) is 20.2 Å². The molecule has 0 spiro atoms. The monoisotopic (exact) mass is 506 g/mol. The first-order chi connectivity index (χ1) is 16.0. The third kappa shape index (κ3) is 6.12. The molecule has 2 aromatic rings. The van der Waals surface area contributed by atoms with Crippen LogP contribution in [-0.4, -0.2) is 38.8 Å². The fraction of sp³-hybridized carbons (Fsp3) is 0.500. The summed E-state index contributed by atoms with van der Waals surface area (Å²) >= 11 is 6.14. The molecule has 0 aromatic heterocycles. The van der Waals surface area contributed by atoms with Crippen molar-refractivity contribution < 1.29 is 17.9 Å². The number of sulfonamides is 1. The second-order valence-electron chi connectivity index (χ2n) is 9.36. The molecule has 1 amide bonds. The van der Waals surface area contributed by atoms with Crippen molar-refractivity contribution in [2.24, 2.45) is 5.92 Å². The lowest BCUT2D eigenvalue weighted by atomic mass is 9.92. The number of piperidine rings is 1. The molecule has 1 heterocycles. The molecule has 1 fully saturated rings. The zero-order valence-electron chi connectivity index (χ0n) is 20.6. The number of amides is 1. The highest BCUT2D eigenvalue weighted by molar-refractivity contribution is 7.88. The molecule has 6 nitrogen and oxygen atoms in total. The van der Waals surface area contributed by atoms with Crippen molar-refractivity contribution in [2.45, 2.75) is 58.2 Å². The lowest BCUT2D eigenvalue weighted by molar-refractivity contribution is -0.126. The molecule has 1 aliphatic heterocycles. The number of halogens is 1. The lowest BCUT2D eigenvalue weighted by Crippen LogP contribution is -2.43. The molecule has 1 N–H and O–H groups in total. The number of rotatable bonds is 8. The zero-order chi connectivity index (χ0) is 25.0. The van der Waals surface area contributed by atoms with Crippen LogP contribution in [-0.2, 0) is 20.6 Å². The predicted molar refractivity (Wildman–Crippen MR) is 137 cm³/mol. The molecule has 1 atom stereocenters. The third-order valence-corrected chi connectivity index (χ3v) is 8.78. The maximum Gasteiger partial charge on any atom is 0.223 e.